The van der Waals surface area contributed by atoms with E-state index in [9.17, 15) is 0 Å². The Hall–Kier alpha value is -3.20. The van der Waals surface area contributed by atoms with E-state index >= 15 is 0 Å². The van der Waals surface area contributed by atoms with E-state index in [1.54, 1.807) is 24.8 Å². The highest BCUT2D eigenvalue weighted by Crippen LogP contribution is 2.40. The SMILES string of the molecule is COc1nc(-c2csc(N3CC(C)Cn4nc5c(c43)CCCC5)n2)ccc1-n1cnc(C)c1. The number of hydrogen-bond donors (Lipinski definition) is 0. The van der Waals surface area contributed by atoms with Gasteiger partial charge in [0.05, 0.1) is 30.5 Å². The molecule has 1 atom stereocenters. The summed E-state index contributed by atoms with van der Waals surface area (Å²) in [7, 11) is 1.64. The number of methoxy groups -OCH3 is 1. The van der Waals surface area contributed by atoms with Crippen molar-refractivity contribution in [1.29, 1.82) is 0 Å². The molecule has 0 radical (unpaired) electrons. The van der Waals surface area contributed by atoms with Gasteiger partial charge in [-0.1, -0.05) is 6.92 Å². The smallest absolute Gasteiger partial charge is 0.238 e. The minimum Gasteiger partial charge on any atom is -0.479 e. The molecule has 33 heavy (non-hydrogen) atoms. The first kappa shape index (κ1) is 20.4. The van der Waals surface area contributed by atoms with Crippen LogP contribution < -0.4 is 9.64 Å². The Morgan fingerprint density at radius 1 is 1.09 bits per heavy atom. The summed E-state index contributed by atoms with van der Waals surface area (Å²) in [6.45, 7) is 6.19. The topological polar surface area (TPSA) is 73.9 Å². The second-order valence-corrected chi connectivity index (χ2v) is 9.85. The third-order valence-corrected chi connectivity index (χ3v) is 7.30. The quantitative estimate of drug-likeness (QED) is 0.443. The standard InChI is InChI=1S/C24H27N7OS/c1-15-10-30(23-17-6-4-5-7-18(17)28-31(23)11-15)24-27-20(13-33-24)19-8-9-21(22(26-19)32-3)29-12-16(2)25-14-29/h8-9,12-15H,4-7,10-11H2,1-3H3. The number of anilines is 2. The minimum atomic E-state index is 0.516. The van der Waals surface area contributed by atoms with E-state index in [-0.39, 0.29) is 0 Å². The van der Waals surface area contributed by atoms with Crippen molar-refractivity contribution < 1.29 is 4.74 Å². The van der Waals surface area contributed by atoms with Crippen LogP contribution in [0.1, 0.15) is 36.7 Å². The van der Waals surface area contributed by atoms with Gasteiger partial charge in [-0.2, -0.15) is 5.10 Å². The second-order valence-electron chi connectivity index (χ2n) is 9.02. The molecule has 1 aliphatic carbocycles. The molecular weight excluding hydrogens is 434 g/mol. The number of hydrogen-bond acceptors (Lipinski definition) is 7. The van der Waals surface area contributed by atoms with Gasteiger partial charge < -0.3 is 14.2 Å². The van der Waals surface area contributed by atoms with Gasteiger partial charge in [0.15, 0.2) is 5.13 Å². The fraction of sp³-hybridized carbons (Fsp3) is 0.417. The first-order valence-corrected chi connectivity index (χ1v) is 12.4. The zero-order chi connectivity index (χ0) is 22.5. The molecule has 6 rings (SSSR count). The predicted molar refractivity (Wildman–Crippen MR) is 129 cm³/mol. The molecule has 170 valence electrons. The fourth-order valence-electron chi connectivity index (χ4n) is 4.92. The van der Waals surface area contributed by atoms with Crippen molar-refractivity contribution in [3.05, 3.63) is 47.0 Å². The fourth-order valence-corrected chi connectivity index (χ4v) is 5.75. The summed E-state index contributed by atoms with van der Waals surface area (Å²) in [5.41, 5.74) is 6.17. The van der Waals surface area contributed by atoms with Crippen molar-refractivity contribution in [3.8, 4) is 23.0 Å². The molecule has 0 aromatic carbocycles. The molecule has 4 aromatic heterocycles. The Kier molecular flexibility index (Phi) is 4.94. The van der Waals surface area contributed by atoms with E-state index in [4.69, 9.17) is 19.8 Å². The van der Waals surface area contributed by atoms with Crippen LogP contribution in [0.4, 0.5) is 10.9 Å². The maximum Gasteiger partial charge on any atom is 0.238 e. The number of ether oxygens (including phenoxy) is 1. The largest absolute Gasteiger partial charge is 0.479 e. The zero-order valence-corrected chi connectivity index (χ0v) is 20.0. The lowest BCUT2D eigenvalue weighted by molar-refractivity contribution is 0.396. The third-order valence-electron chi connectivity index (χ3n) is 6.44. The van der Waals surface area contributed by atoms with Crippen molar-refractivity contribution in [1.82, 2.24) is 29.3 Å². The molecular formula is C24H27N7OS. The molecule has 1 aliphatic heterocycles. The number of thiazole rings is 1. The van der Waals surface area contributed by atoms with E-state index < -0.39 is 0 Å². The molecule has 0 fully saturated rings. The highest BCUT2D eigenvalue weighted by Gasteiger charge is 2.32. The molecule has 5 heterocycles. The van der Waals surface area contributed by atoms with E-state index in [0.717, 1.165) is 53.8 Å². The maximum atomic E-state index is 5.60. The molecule has 8 nitrogen and oxygen atoms in total. The molecule has 9 heteroatoms. The number of imidazole rings is 1. The van der Waals surface area contributed by atoms with Crippen molar-refractivity contribution >= 4 is 22.3 Å². The minimum absolute atomic E-state index is 0.516. The Balaban J connectivity index is 1.36. The highest BCUT2D eigenvalue weighted by atomic mass is 32.1. The van der Waals surface area contributed by atoms with Crippen LogP contribution in [0.2, 0.25) is 0 Å². The van der Waals surface area contributed by atoms with Crippen molar-refractivity contribution in [2.24, 2.45) is 5.92 Å². The molecule has 0 bridgehead atoms. The lowest BCUT2D eigenvalue weighted by Crippen LogP contribution is -2.34. The Morgan fingerprint density at radius 3 is 2.79 bits per heavy atom. The summed E-state index contributed by atoms with van der Waals surface area (Å²) < 4.78 is 9.74. The first-order valence-electron chi connectivity index (χ1n) is 11.5. The maximum absolute atomic E-state index is 5.60. The van der Waals surface area contributed by atoms with Gasteiger partial charge in [0.25, 0.3) is 0 Å². The van der Waals surface area contributed by atoms with E-state index in [2.05, 4.69) is 26.9 Å². The molecule has 0 saturated heterocycles. The molecule has 2 aliphatic rings. The summed E-state index contributed by atoms with van der Waals surface area (Å²) in [6, 6.07) is 4.01. The van der Waals surface area contributed by atoms with Crippen LogP contribution in [0.5, 0.6) is 5.88 Å². The van der Waals surface area contributed by atoms with E-state index in [0.29, 0.717) is 11.8 Å². The van der Waals surface area contributed by atoms with E-state index in [1.165, 1.54) is 29.9 Å². The molecule has 0 saturated carbocycles. The lowest BCUT2D eigenvalue weighted by Gasteiger charge is -2.32. The van der Waals surface area contributed by atoms with Gasteiger partial charge in [-0.05, 0) is 50.7 Å². The summed E-state index contributed by atoms with van der Waals surface area (Å²) >= 11 is 1.67. The molecule has 0 amide bonds. The number of fused-ring (bicyclic) bond motifs is 3. The summed E-state index contributed by atoms with van der Waals surface area (Å²) in [4.78, 5) is 16.5. The lowest BCUT2D eigenvalue weighted by atomic mass is 9.96. The molecule has 4 aromatic rings. The van der Waals surface area contributed by atoms with Crippen molar-refractivity contribution in [2.75, 3.05) is 18.6 Å². The van der Waals surface area contributed by atoms with Gasteiger partial charge >= 0.3 is 0 Å². The van der Waals surface area contributed by atoms with Crippen LogP contribution >= 0.6 is 11.3 Å². The van der Waals surface area contributed by atoms with Gasteiger partial charge in [-0.3, -0.25) is 0 Å². The van der Waals surface area contributed by atoms with Crippen LogP contribution in [0.15, 0.2) is 30.0 Å². The van der Waals surface area contributed by atoms with Crippen molar-refractivity contribution in [2.45, 2.75) is 46.1 Å². The van der Waals surface area contributed by atoms with Crippen LogP contribution in [0.3, 0.4) is 0 Å². The van der Waals surface area contributed by atoms with E-state index in [1.807, 2.05) is 29.8 Å². The third kappa shape index (κ3) is 3.51. The van der Waals surface area contributed by atoms with Crippen LogP contribution in [0, 0.1) is 12.8 Å². The van der Waals surface area contributed by atoms with Gasteiger partial charge in [0, 0.05) is 30.2 Å². The Morgan fingerprint density at radius 2 is 1.97 bits per heavy atom. The Bertz CT molecular complexity index is 1320. The number of rotatable bonds is 4. The zero-order valence-electron chi connectivity index (χ0n) is 19.2. The summed E-state index contributed by atoms with van der Waals surface area (Å²) in [6.07, 6.45) is 8.42. The monoisotopic (exact) mass is 461 g/mol. The number of pyridine rings is 1. The number of aromatic nitrogens is 6. The first-order chi connectivity index (χ1) is 16.1. The summed E-state index contributed by atoms with van der Waals surface area (Å²) in [5.74, 6) is 2.32. The van der Waals surface area contributed by atoms with Gasteiger partial charge in [-0.25, -0.2) is 19.6 Å². The van der Waals surface area contributed by atoms with Crippen LogP contribution in [0.25, 0.3) is 17.1 Å². The summed E-state index contributed by atoms with van der Waals surface area (Å²) in [5, 5.41) is 8.05. The van der Waals surface area contributed by atoms with Crippen molar-refractivity contribution in [3.63, 3.8) is 0 Å². The van der Waals surface area contributed by atoms with Gasteiger partial charge in [-0.15, -0.1) is 11.3 Å². The second kappa shape index (κ2) is 7.98. The molecule has 0 spiro atoms. The Labute approximate surface area is 196 Å². The number of nitrogens with zero attached hydrogens (tertiary/aromatic N) is 7. The predicted octanol–water partition coefficient (Wildman–Crippen LogP) is 4.57. The normalized spacial score (nSPS) is 17.7. The molecule has 0 N–H and O–H groups in total. The van der Waals surface area contributed by atoms with Gasteiger partial charge in [0.2, 0.25) is 5.88 Å². The van der Waals surface area contributed by atoms with Gasteiger partial charge in [0.1, 0.15) is 17.2 Å². The average molecular weight is 462 g/mol. The average Bonchev–Trinajstić information content (AvgIpc) is 3.56. The van der Waals surface area contributed by atoms with Crippen LogP contribution in [-0.4, -0.2) is 43.0 Å². The van der Waals surface area contributed by atoms with Crippen LogP contribution in [-0.2, 0) is 19.4 Å². The molecule has 1 unspecified atom stereocenters. The number of aryl methyl sites for hydroxylation is 2. The highest BCUT2D eigenvalue weighted by molar-refractivity contribution is 7.14.